The van der Waals surface area contributed by atoms with Crippen LogP contribution in [-0.4, -0.2) is 39.9 Å². The predicted molar refractivity (Wildman–Crippen MR) is 72.3 cm³/mol. The van der Waals surface area contributed by atoms with E-state index in [0.717, 1.165) is 17.7 Å². The molecule has 0 radical (unpaired) electrons. The molecule has 19 heavy (non-hydrogen) atoms. The van der Waals surface area contributed by atoms with Gasteiger partial charge in [0.1, 0.15) is 5.75 Å². The molecule has 0 bridgehead atoms. The summed E-state index contributed by atoms with van der Waals surface area (Å²) in [4.78, 5) is 11.1. The van der Waals surface area contributed by atoms with Gasteiger partial charge in [-0.05, 0) is 13.0 Å². The smallest absolute Gasteiger partial charge is 0.343 e. The van der Waals surface area contributed by atoms with Crippen molar-refractivity contribution in [3.05, 3.63) is 29.3 Å². The Bertz CT molecular complexity index is 406. The van der Waals surface area contributed by atoms with E-state index in [1.165, 1.54) is 7.11 Å². The molecular formula is C14H21NO4. The zero-order valence-corrected chi connectivity index (χ0v) is 11.7. The van der Waals surface area contributed by atoms with Crippen LogP contribution in [0.1, 0.15) is 11.1 Å². The summed E-state index contributed by atoms with van der Waals surface area (Å²) in [6.07, 6.45) is 0. The Hall–Kier alpha value is -1.59. The summed E-state index contributed by atoms with van der Waals surface area (Å²) >= 11 is 0. The molecular weight excluding hydrogens is 246 g/mol. The van der Waals surface area contributed by atoms with Crippen LogP contribution in [0, 0.1) is 6.92 Å². The number of carbonyl (C=O) groups is 1. The molecule has 5 nitrogen and oxygen atoms in total. The van der Waals surface area contributed by atoms with Crippen LogP contribution in [0.4, 0.5) is 0 Å². The summed E-state index contributed by atoms with van der Waals surface area (Å²) in [5.41, 5.74) is 2.16. The number of ether oxygens (including phenoxy) is 3. The second-order valence-electron chi connectivity index (χ2n) is 4.15. The van der Waals surface area contributed by atoms with Gasteiger partial charge >= 0.3 is 5.97 Å². The van der Waals surface area contributed by atoms with Gasteiger partial charge in [0.15, 0.2) is 6.61 Å². The van der Waals surface area contributed by atoms with E-state index in [1.54, 1.807) is 7.11 Å². The number of rotatable bonds is 8. The molecule has 0 aliphatic carbocycles. The number of esters is 1. The number of hydrogen-bond donors (Lipinski definition) is 1. The average molecular weight is 267 g/mol. The number of nitrogens with one attached hydrogen (secondary N) is 1. The number of aryl methyl sites for hydroxylation is 1. The van der Waals surface area contributed by atoms with Gasteiger partial charge in [0, 0.05) is 25.8 Å². The van der Waals surface area contributed by atoms with Gasteiger partial charge in [0.25, 0.3) is 0 Å². The lowest BCUT2D eigenvalue weighted by atomic mass is 10.1. The number of hydrogen-bond acceptors (Lipinski definition) is 5. The van der Waals surface area contributed by atoms with Crippen molar-refractivity contribution in [2.45, 2.75) is 13.5 Å². The van der Waals surface area contributed by atoms with Crippen molar-refractivity contribution in [1.82, 2.24) is 5.32 Å². The molecule has 0 amide bonds. The SMILES string of the molecule is COCCNCc1cc(C)ccc1OCC(=O)OC. The molecule has 0 unspecified atom stereocenters. The zero-order valence-electron chi connectivity index (χ0n) is 11.7. The van der Waals surface area contributed by atoms with Crippen molar-refractivity contribution in [3.8, 4) is 5.75 Å². The molecule has 0 saturated heterocycles. The van der Waals surface area contributed by atoms with Crippen molar-refractivity contribution >= 4 is 5.97 Å². The van der Waals surface area contributed by atoms with Gasteiger partial charge in [-0.3, -0.25) is 0 Å². The highest BCUT2D eigenvalue weighted by molar-refractivity contribution is 5.70. The Kier molecular flexibility index (Phi) is 6.92. The van der Waals surface area contributed by atoms with Crippen LogP contribution in [0.15, 0.2) is 18.2 Å². The molecule has 0 fully saturated rings. The highest BCUT2D eigenvalue weighted by atomic mass is 16.6. The summed E-state index contributed by atoms with van der Waals surface area (Å²) < 4.78 is 15.0. The molecule has 1 aromatic carbocycles. The minimum absolute atomic E-state index is 0.0787. The topological polar surface area (TPSA) is 56.8 Å². The second kappa shape index (κ2) is 8.50. The van der Waals surface area contributed by atoms with Gasteiger partial charge in [0.2, 0.25) is 0 Å². The fourth-order valence-electron chi connectivity index (χ4n) is 1.58. The summed E-state index contributed by atoms with van der Waals surface area (Å²) in [6, 6.07) is 5.85. The normalized spacial score (nSPS) is 10.3. The summed E-state index contributed by atoms with van der Waals surface area (Å²) in [7, 11) is 3.01. The van der Waals surface area contributed by atoms with Crippen molar-refractivity contribution in [2.75, 3.05) is 34.0 Å². The fraction of sp³-hybridized carbons (Fsp3) is 0.500. The van der Waals surface area contributed by atoms with E-state index in [0.29, 0.717) is 18.9 Å². The maximum absolute atomic E-state index is 11.1. The van der Waals surface area contributed by atoms with Crippen LogP contribution >= 0.6 is 0 Å². The molecule has 0 aliphatic rings. The highest BCUT2D eigenvalue weighted by Gasteiger charge is 2.07. The van der Waals surface area contributed by atoms with Crippen molar-refractivity contribution in [1.29, 1.82) is 0 Å². The Morgan fingerprint density at radius 3 is 2.79 bits per heavy atom. The lowest BCUT2D eigenvalue weighted by Gasteiger charge is -2.12. The van der Waals surface area contributed by atoms with Crippen LogP contribution in [0.5, 0.6) is 5.75 Å². The summed E-state index contributed by atoms with van der Waals surface area (Å²) in [6.45, 7) is 4.03. The van der Waals surface area contributed by atoms with E-state index in [-0.39, 0.29) is 12.6 Å². The number of methoxy groups -OCH3 is 2. The fourth-order valence-corrected chi connectivity index (χ4v) is 1.58. The third-order valence-corrected chi connectivity index (χ3v) is 2.59. The van der Waals surface area contributed by atoms with Gasteiger partial charge < -0.3 is 19.5 Å². The Balaban J connectivity index is 2.60. The quantitative estimate of drug-likeness (QED) is 0.568. The summed E-state index contributed by atoms with van der Waals surface area (Å²) in [5.74, 6) is 0.305. The minimum Gasteiger partial charge on any atom is -0.482 e. The van der Waals surface area contributed by atoms with Crippen molar-refractivity contribution in [2.24, 2.45) is 0 Å². The van der Waals surface area contributed by atoms with Crippen LogP contribution < -0.4 is 10.1 Å². The molecule has 5 heteroatoms. The Morgan fingerprint density at radius 1 is 1.32 bits per heavy atom. The first-order valence-electron chi connectivity index (χ1n) is 6.16. The third kappa shape index (κ3) is 5.72. The largest absolute Gasteiger partial charge is 0.482 e. The van der Waals surface area contributed by atoms with E-state index < -0.39 is 0 Å². The predicted octanol–water partition coefficient (Wildman–Crippen LogP) is 1.28. The monoisotopic (exact) mass is 267 g/mol. The Labute approximate surface area is 113 Å². The van der Waals surface area contributed by atoms with Crippen molar-refractivity contribution in [3.63, 3.8) is 0 Å². The third-order valence-electron chi connectivity index (χ3n) is 2.59. The maximum Gasteiger partial charge on any atom is 0.343 e. The first-order chi connectivity index (χ1) is 9.17. The van der Waals surface area contributed by atoms with Crippen molar-refractivity contribution < 1.29 is 19.0 Å². The first kappa shape index (κ1) is 15.5. The van der Waals surface area contributed by atoms with Gasteiger partial charge in [-0.1, -0.05) is 17.7 Å². The van der Waals surface area contributed by atoms with Gasteiger partial charge in [-0.2, -0.15) is 0 Å². The minimum atomic E-state index is -0.390. The lowest BCUT2D eigenvalue weighted by molar-refractivity contribution is -0.142. The highest BCUT2D eigenvalue weighted by Crippen LogP contribution is 2.20. The van der Waals surface area contributed by atoms with E-state index in [9.17, 15) is 4.79 Å². The second-order valence-corrected chi connectivity index (χ2v) is 4.15. The number of carbonyl (C=O) groups excluding carboxylic acids is 1. The first-order valence-corrected chi connectivity index (χ1v) is 6.16. The molecule has 106 valence electrons. The molecule has 0 atom stereocenters. The van der Waals surface area contributed by atoms with Gasteiger partial charge in [-0.25, -0.2) is 4.79 Å². The van der Waals surface area contributed by atoms with Crippen LogP contribution in [0.3, 0.4) is 0 Å². The molecule has 1 N–H and O–H groups in total. The Morgan fingerprint density at radius 2 is 2.11 bits per heavy atom. The zero-order chi connectivity index (χ0) is 14.1. The molecule has 0 heterocycles. The standard InChI is InChI=1S/C14H21NO4/c1-11-4-5-13(19-10-14(16)18-3)12(8-11)9-15-6-7-17-2/h4-5,8,15H,6-7,9-10H2,1-3H3. The molecule has 0 saturated carbocycles. The van der Waals surface area contributed by atoms with E-state index in [2.05, 4.69) is 10.1 Å². The van der Waals surface area contributed by atoms with Gasteiger partial charge in [0.05, 0.1) is 13.7 Å². The molecule has 1 aromatic rings. The summed E-state index contributed by atoms with van der Waals surface area (Å²) in [5, 5.41) is 3.25. The van der Waals surface area contributed by atoms with Crippen LogP contribution in [0.25, 0.3) is 0 Å². The van der Waals surface area contributed by atoms with Gasteiger partial charge in [-0.15, -0.1) is 0 Å². The molecule has 0 aliphatic heterocycles. The van der Waals surface area contributed by atoms with E-state index >= 15 is 0 Å². The van der Waals surface area contributed by atoms with E-state index in [4.69, 9.17) is 9.47 Å². The number of benzene rings is 1. The van der Waals surface area contributed by atoms with E-state index in [1.807, 2.05) is 25.1 Å². The van der Waals surface area contributed by atoms with Crippen LogP contribution in [0.2, 0.25) is 0 Å². The maximum atomic E-state index is 11.1. The molecule has 0 aromatic heterocycles. The molecule has 1 rings (SSSR count). The lowest BCUT2D eigenvalue weighted by Crippen LogP contribution is -2.20. The van der Waals surface area contributed by atoms with Crippen LogP contribution in [-0.2, 0) is 20.8 Å². The molecule has 0 spiro atoms. The average Bonchev–Trinajstić information content (AvgIpc) is 2.42.